The Labute approximate surface area is 183 Å². The number of benzene rings is 2. The Morgan fingerprint density at radius 2 is 1.73 bits per heavy atom. The van der Waals surface area contributed by atoms with Gasteiger partial charge in [-0.2, -0.15) is 9.78 Å². The SMILES string of the molecule is CCOc1ccccc1N1CC[NH+](Cn2nc(C)n(-c3ccc(C)cc3)c2=S)CC1. The van der Waals surface area contributed by atoms with Crippen molar-refractivity contribution in [2.24, 2.45) is 0 Å². The summed E-state index contributed by atoms with van der Waals surface area (Å²) in [7, 11) is 0. The van der Waals surface area contributed by atoms with Gasteiger partial charge in [-0.05, 0) is 57.3 Å². The molecule has 1 N–H and O–H groups in total. The van der Waals surface area contributed by atoms with Gasteiger partial charge in [-0.25, -0.2) is 0 Å². The lowest BCUT2D eigenvalue weighted by Crippen LogP contribution is -3.14. The second-order valence-electron chi connectivity index (χ2n) is 7.80. The van der Waals surface area contributed by atoms with Crippen LogP contribution in [0.2, 0.25) is 0 Å². The highest BCUT2D eigenvalue weighted by molar-refractivity contribution is 7.71. The molecule has 0 amide bonds. The molecule has 4 rings (SSSR count). The topological polar surface area (TPSA) is 39.7 Å². The second-order valence-corrected chi connectivity index (χ2v) is 8.16. The number of piperazine rings is 1. The molecule has 2 heterocycles. The molecule has 0 atom stereocenters. The van der Waals surface area contributed by atoms with Crippen LogP contribution >= 0.6 is 12.2 Å². The Kier molecular flexibility index (Phi) is 6.20. The number of quaternary nitrogens is 1. The standard InChI is InChI=1S/C23H29N5OS/c1-4-29-22-8-6-5-7-21(22)26-15-13-25(14-16-26)17-27-23(30)28(19(3)24-27)20-11-9-18(2)10-12-20/h5-12H,4,13-17H2,1-3H3/p+1. The van der Waals surface area contributed by atoms with E-state index in [4.69, 9.17) is 22.1 Å². The van der Waals surface area contributed by atoms with Gasteiger partial charge in [0, 0.05) is 5.69 Å². The molecule has 0 aliphatic carbocycles. The minimum atomic E-state index is 0.684. The molecule has 6 nitrogen and oxygen atoms in total. The minimum absolute atomic E-state index is 0.684. The summed E-state index contributed by atoms with van der Waals surface area (Å²) >= 11 is 5.77. The van der Waals surface area contributed by atoms with E-state index in [1.807, 2.05) is 24.6 Å². The van der Waals surface area contributed by atoms with E-state index < -0.39 is 0 Å². The Hall–Kier alpha value is -2.64. The average molecular weight is 425 g/mol. The Morgan fingerprint density at radius 3 is 2.43 bits per heavy atom. The van der Waals surface area contributed by atoms with E-state index >= 15 is 0 Å². The zero-order valence-corrected chi connectivity index (χ0v) is 18.8. The molecule has 0 spiro atoms. The monoisotopic (exact) mass is 424 g/mol. The predicted octanol–water partition coefficient (Wildman–Crippen LogP) is 2.78. The summed E-state index contributed by atoms with van der Waals surface area (Å²) in [6, 6.07) is 16.7. The van der Waals surface area contributed by atoms with Crippen LogP contribution in [-0.4, -0.2) is 47.1 Å². The van der Waals surface area contributed by atoms with Crippen LogP contribution in [0.1, 0.15) is 18.3 Å². The number of nitrogens with zero attached hydrogens (tertiary/aromatic N) is 4. The molecule has 0 bridgehead atoms. The average Bonchev–Trinajstić information content (AvgIpc) is 3.03. The quantitative estimate of drug-likeness (QED) is 0.618. The van der Waals surface area contributed by atoms with Crippen LogP contribution in [0.5, 0.6) is 5.75 Å². The summed E-state index contributed by atoms with van der Waals surface area (Å²) in [4.78, 5) is 3.91. The third-order valence-electron chi connectivity index (χ3n) is 5.64. The molecular weight excluding hydrogens is 394 g/mol. The van der Waals surface area contributed by atoms with Crippen molar-refractivity contribution in [3.05, 3.63) is 64.7 Å². The molecule has 3 aromatic rings. The third-order valence-corrected chi connectivity index (χ3v) is 6.04. The molecule has 1 aliphatic rings. The van der Waals surface area contributed by atoms with Crippen LogP contribution < -0.4 is 14.5 Å². The molecule has 0 unspecified atom stereocenters. The highest BCUT2D eigenvalue weighted by Crippen LogP contribution is 2.27. The van der Waals surface area contributed by atoms with Crippen LogP contribution in [0.15, 0.2) is 48.5 Å². The molecule has 1 aliphatic heterocycles. The van der Waals surface area contributed by atoms with E-state index in [0.717, 1.165) is 54.9 Å². The van der Waals surface area contributed by atoms with Crippen molar-refractivity contribution in [2.75, 3.05) is 37.7 Å². The molecule has 7 heteroatoms. The third kappa shape index (κ3) is 4.27. The number of para-hydroxylation sites is 2. The van der Waals surface area contributed by atoms with Crippen molar-refractivity contribution in [3.8, 4) is 11.4 Å². The van der Waals surface area contributed by atoms with Gasteiger partial charge in [0.15, 0.2) is 6.67 Å². The largest absolute Gasteiger partial charge is 0.492 e. The van der Waals surface area contributed by atoms with Crippen molar-refractivity contribution in [2.45, 2.75) is 27.4 Å². The van der Waals surface area contributed by atoms with E-state index in [1.165, 1.54) is 16.2 Å². The van der Waals surface area contributed by atoms with Crippen molar-refractivity contribution in [1.29, 1.82) is 0 Å². The van der Waals surface area contributed by atoms with Crippen LogP contribution in [0.25, 0.3) is 5.69 Å². The lowest BCUT2D eigenvalue weighted by molar-refractivity contribution is -0.924. The second kappa shape index (κ2) is 9.02. The van der Waals surface area contributed by atoms with Crippen molar-refractivity contribution in [3.63, 3.8) is 0 Å². The van der Waals surface area contributed by atoms with Gasteiger partial charge in [0.25, 0.3) is 0 Å². The van der Waals surface area contributed by atoms with Crippen molar-refractivity contribution < 1.29 is 9.64 Å². The summed E-state index contributed by atoms with van der Waals surface area (Å²) in [6.45, 7) is 11.7. The first kappa shape index (κ1) is 20.6. The van der Waals surface area contributed by atoms with Crippen LogP contribution in [0.4, 0.5) is 5.69 Å². The fourth-order valence-electron chi connectivity index (χ4n) is 4.04. The lowest BCUT2D eigenvalue weighted by atomic mass is 10.2. The predicted molar refractivity (Wildman–Crippen MR) is 122 cm³/mol. The minimum Gasteiger partial charge on any atom is -0.492 e. The normalized spacial score (nSPS) is 14.8. The van der Waals surface area contributed by atoms with Crippen LogP contribution in [-0.2, 0) is 6.67 Å². The van der Waals surface area contributed by atoms with E-state index in [2.05, 4.69) is 58.9 Å². The zero-order chi connectivity index (χ0) is 21.1. The fraction of sp³-hybridized carbons (Fsp3) is 0.391. The number of aryl methyl sites for hydroxylation is 2. The highest BCUT2D eigenvalue weighted by Gasteiger charge is 2.23. The zero-order valence-electron chi connectivity index (χ0n) is 18.0. The maximum absolute atomic E-state index is 5.81. The Bertz CT molecular complexity index is 1050. The highest BCUT2D eigenvalue weighted by atomic mass is 32.1. The van der Waals surface area contributed by atoms with Gasteiger partial charge in [-0.1, -0.05) is 29.8 Å². The van der Waals surface area contributed by atoms with Crippen LogP contribution in [0, 0.1) is 18.6 Å². The summed E-state index contributed by atoms with van der Waals surface area (Å²) in [5.74, 6) is 1.89. The number of ether oxygens (including phenoxy) is 1. The van der Waals surface area contributed by atoms with E-state index in [-0.39, 0.29) is 0 Å². The molecule has 1 aromatic heterocycles. The number of hydrogen-bond donors (Lipinski definition) is 1. The number of anilines is 1. The molecule has 158 valence electrons. The van der Waals surface area contributed by atoms with E-state index in [9.17, 15) is 0 Å². The molecular formula is C23H30N5OS+. The van der Waals surface area contributed by atoms with Gasteiger partial charge >= 0.3 is 0 Å². The fourth-order valence-corrected chi connectivity index (χ4v) is 4.38. The molecule has 1 fully saturated rings. The van der Waals surface area contributed by atoms with Gasteiger partial charge in [0.05, 0.1) is 38.5 Å². The lowest BCUT2D eigenvalue weighted by Gasteiger charge is -2.34. The molecule has 2 aromatic carbocycles. The first-order chi connectivity index (χ1) is 14.6. The van der Waals surface area contributed by atoms with Gasteiger partial charge in [-0.3, -0.25) is 4.57 Å². The Balaban J connectivity index is 1.44. The smallest absolute Gasteiger partial charge is 0.207 e. The molecule has 0 radical (unpaired) electrons. The van der Waals surface area contributed by atoms with Gasteiger partial charge in [-0.15, -0.1) is 0 Å². The van der Waals surface area contributed by atoms with Crippen LogP contribution in [0.3, 0.4) is 0 Å². The Morgan fingerprint density at radius 1 is 1.03 bits per heavy atom. The number of aromatic nitrogens is 3. The summed E-state index contributed by atoms with van der Waals surface area (Å²) in [5, 5.41) is 4.74. The van der Waals surface area contributed by atoms with Gasteiger partial charge in [0.2, 0.25) is 4.77 Å². The first-order valence-corrected chi connectivity index (χ1v) is 11.0. The van der Waals surface area contributed by atoms with Crippen molar-refractivity contribution >= 4 is 17.9 Å². The summed E-state index contributed by atoms with van der Waals surface area (Å²) in [5.41, 5.74) is 3.50. The summed E-state index contributed by atoms with van der Waals surface area (Å²) in [6.07, 6.45) is 0. The van der Waals surface area contributed by atoms with E-state index in [0.29, 0.717) is 6.61 Å². The first-order valence-electron chi connectivity index (χ1n) is 10.6. The number of rotatable bonds is 6. The van der Waals surface area contributed by atoms with E-state index in [1.54, 1.807) is 0 Å². The maximum Gasteiger partial charge on any atom is 0.207 e. The number of nitrogens with one attached hydrogen (secondary N) is 1. The van der Waals surface area contributed by atoms with Crippen molar-refractivity contribution in [1.82, 2.24) is 14.3 Å². The van der Waals surface area contributed by atoms with Gasteiger partial charge in [0.1, 0.15) is 11.6 Å². The molecule has 1 saturated heterocycles. The summed E-state index contributed by atoms with van der Waals surface area (Å²) < 4.78 is 10.6. The maximum atomic E-state index is 5.81. The van der Waals surface area contributed by atoms with Gasteiger partial charge < -0.3 is 14.5 Å². The molecule has 0 saturated carbocycles. The number of hydrogen-bond acceptors (Lipinski definition) is 4. The molecule has 30 heavy (non-hydrogen) atoms.